The quantitative estimate of drug-likeness (QED) is 0.777. The molecule has 0 aromatic carbocycles. The van der Waals surface area contributed by atoms with E-state index in [1.807, 2.05) is 0 Å². The van der Waals surface area contributed by atoms with Crippen LogP contribution in [0.5, 0.6) is 0 Å². The smallest absolute Gasteiger partial charge is 0.282 e. The molecule has 3 saturated heterocycles. The molecule has 1 N–H and O–H groups in total. The lowest BCUT2D eigenvalue weighted by Crippen LogP contribution is -2.52. The van der Waals surface area contributed by atoms with E-state index in [2.05, 4.69) is 0 Å². The molecule has 3 fully saturated rings. The van der Waals surface area contributed by atoms with Gasteiger partial charge >= 0.3 is 0 Å². The third-order valence-electron chi connectivity index (χ3n) is 4.30. The molecular weight excluding hydrogens is 240 g/mol. The summed E-state index contributed by atoms with van der Waals surface area (Å²) in [4.78, 5) is 0. The van der Waals surface area contributed by atoms with Gasteiger partial charge in [0.05, 0.1) is 6.10 Å². The molecule has 3 heterocycles. The summed E-state index contributed by atoms with van der Waals surface area (Å²) < 4.78 is 28.4. The number of rotatable bonds is 2. The highest BCUT2D eigenvalue weighted by atomic mass is 32.2. The molecule has 3 aliphatic rings. The molecule has 0 aromatic heterocycles. The van der Waals surface area contributed by atoms with E-state index in [0.717, 1.165) is 25.7 Å². The normalized spacial score (nSPS) is 39.9. The summed E-state index contributed by atoms with van der Waals surface area (Å²) in [6.07, 6.45) is 4.70. The van der Waals surface area contributed by atoms with E-state index in [-0.39, 0.29) is 18.2 Å². The monoisotopic (exact) mass is 260 g/mol. The van der Waals surface area contributed by atoms with E-state index in [1.54, 1.807) is 8.61 Å². The van der Waals surface area contributed by atoms with Crippen LogP contribution in [-0.4, -0.2) is 53.4 Å². The Labute approximate surface area is 103 Å². The molecule has 0 spiro atoms. The van der Waals surface area contributed by atoms with Crippen molar-refractivity contribution in [3.63, 3.8) is 0 Å². The Morgan fingerprint density at radius 2 is 1.53 bits per heavy atom. The number of hydrogen-bond donors (Lipinski definition) is 1. The molecule has 98 valence electrons. The molecule has 5 nitrogen and oxygen atoms in total. The minimum absolute atomic E-state index is 0.0364. The van der Waals surface area contributed by atoms with Crippen molar-refractivity contribution in [3.05, 3.63) is 0 Å². The van der Waals surface area contributed by atoms with Gasteiger partial charge in [0.2, 0.25) is 0 Å². The third kappa shape index (κ3) is 1.91. The fraction of sp³-hybridized carbons (Fsp3) is 1.00. The van der Waals surface area contributed by atoms with Crippen LogP contribution in [0.4, 0.5) is 0 Å². The molecular formula is C11H20N2O3S. The number of aliphatic hydroxyl groups excluding tert-OH is 1. The molecule has 2 atom stereocenters. The van der Waals surface area contributed by atoms with Gasteiger partial charge in [0.1, 0.15) is 0 Å². The summed E-state index contributed by atoms with van der Waals surface area (Å²) in [7, 11) is -3.27. The Morgan fingerprint density at radius 1 is 1.00 bits per heavy atom. The van der Waals surface area contributed by atoms with Gasteiger partial charge in [0.15, 0.2) is 0 Å². The molecule has 0 saturated carbocycles. The molecule has 0 aliphatic carbocycles. The van der Waals surface area contributed by atoms with Crippen molar-refractivity contribution in [1.82, 2.24) is 8.61 Å². The van der Waals surface area contributed by atoms with E-state index in [1.165, 1.54) is 0 Å². The van der Waals surface area contributed by atoms with E-state index >= 15 is 0 Å². The Balaban J connectivity index is 1.84. The average molecular weight is 260 g/mol. The van der Waals surface area contributed by atoms with Crippen molar-refractivity contribution in [2.75, 3.05) is 13.1 Å². The first-order valence-corrected chi connectivity index (χ1v) is 7.95. The van der Waals surface area contributed by atoms with Crippen molar-refractivity contribution in [2.45, 2.75) is 56.7 Å². The molecule has 2 unspecified atom stereocenters. The van der Waals surface area contributed by atoms with E-state index in [0.29, 0.717) is 25.9 Å². The predicted octanol–water partition coefficient (Wildman–Crippen LogP) is 0.315. The minimum atomic E-state index is -3.27. The third-order valence-corrected chi connectivity index (χ3v) is 6.45. The molecule has 0 amide bonds. The fourth-order valence-electron chi connectivity index (χ4n) is 3.53. The van der Waals surface area contributed by atoms with Gasteiger partial charge in [0, 0.05) is 25.2 Å². The zero-order chi connectivity index (χ0) is 12.0. The van der Waals surface area contributed by atoms with Crippen LogP contribution in [-0.2, 0) is 10.2 Å². The van der Waals surface area contributed by atoms with E-state index in [4.69, 9.17) is 0 Å². The van der Waals surface area contributed by atoms with Crippen LogP contribution in [0, 0.1) is 0 Å². The van der Waals surface area contributed by atoms with E-state index in [9.17, 15) is 13.5 Å². The minimum Gasteiger partial charge on any atom is -0.393 e. The highest BCUT2D eigenvalue weighted by Crippen LogP contribution is 2.39. The fourth-order valence-corrected chi connectivity index (χ4v) is 5.66. The number of piperidine rings is 1. The largest absolute Gasteiger partial charge is 0.393 e. The van der Waals surface area contributed by atoms with Gasteiger partial charge < -0.3 is 5.11 Å². The Hall–Kier alpha value is -0.170. The molecule has 2 bridgehead atoms. The molecule has 6 heteroatoms. The summed E-state index contributed by atoms with van der Waals surface area (Å²) in [5, 5.41) is 9.70. The molecule has 0 aromatic rings. The number of fused-ring (bicyclic) bond motifs is 2. The van der Waals surface area contributed by atoms with Gasteiger partial charge in [-0.1, -0.05) is 0 Å². The van der Waals surface area contributed by atoms with Crippen LogP contribution in [0.3, 0.4) is 0 Å². The highest BCUT2D eigenvalue weighted by molar-refractivity contribution is 7.86. The van der Waals surface area contributed by atoms with Gasteiger partial charge in [-0.3, -0.25) is 0 Å². The topological polar surface area (TPSA) is 60.9 Å². The lowest BCUT2D eigenvalue weighted by atomic mass is 10.0. The lowest BCUT2D eigenvalue weighted by molar-refractivity contribution is 0.0741. The Kier molecular flexibility index (Phi) is 2.93. The van der Waals surface area contributed by atoms with Gasteiger partial charge in [-0.25, -0.2) is 0 Å². The first-order chi connectivity index (χ1) is 8.09. The standard InChI is InChI=1S/C11H20N2O3S/c14-11-7-9-3-4-10(8-11)13(9)17(15,16)12-5-1-2-6-12/h9-11,14H,1-8H2. The van der Waals surface area contributed by atoms with Gasteiger partial charge in [-0.15, -0.1) is 0 Å². The summed E-state index contributed by atoms with van der Waals surface area (Å²) in [5.74, 6) is 0. The number of nitrogens with zero attached hydrogens (tertiary/aromatic N) is 2. The van der Waals surface area contributed by atoms with Gasteiger partial charge in [-0.2, -0.15) is 17.0 Å². The number of hydrogen-bond acceptors (Lipinski definition) is 3. The summed E-state index contributed by atoms with van der Waals surface area (Å²) >= 11 is 0. The average Bonchev–Trinajstić information content (AvgIpc) is 2.86. The second-order valence-electron chi connectivity index (χ2n) is 5.45. The first-order valence-electron chi connectivity index (χ1n) is 6.56. The van der Waals surface area contributed by atoms with E-state index < -0.39 is 10.2 Å². The first kappa shape index (κ1) is 11.9. The highest BCUT2D eigenvalue weighted by Gasteiger charge is 2.48. The van der Waals surface area contributed by atoms with Crippen LogP contribution < -0.4 is 0 Å². The van der Waals surface area contributed by atoms with Crippen molar-refractivity contribution >= 4 is 10.2 Å². The maximum Gasteiger partial charge on any atom is 0.282 e. The summed E-state index contributed by atoms with van der Waals surface area (Å²) in [6.45, 7) is 1.33. The molecule has 17 heavy (non-hydrogen) atoms. The van der Waals surface area contributed by atoms with Crippen LogP contribution in [0.25, 0.3) is 0 Å². The predicted molar refractivity (Wildman–Crippen MR) is 63.6 cm³/mol. The lowest BCUT2D eigenvalue weighted by Gasteiger charge is -2.38. The van der Waals surface area contributed by atoms with Crippen molar-refractivity contribution in [2.24, 2.45) is 0 Å². The summed E-state index contributed by atoms with van der Waals surface area (Å²) in [6, 6.07) is 0.0729. The molecule has 3 rings (SSSR count). The van der Waals surface area contributed by atoms with Crippen molar-refractivity contribution < 1.29 is 13.5 Å². The maximum absolute atomic E-state index is 12.5. The molecule has 0 radical (unpaired) electrons. The van der Waals surface area contributed by atoms with Crippen molar-refractivity contribution in [3.8, 4) is 0 Å². The van der Waals surface area contributed by atoms with Crippen LogP contribution in [0.15, 0.2) is 0 Å². The second kappa shape index (κ2) is 4.19. The molecule has 3 aliphatic heterocycles. The Bertz CT molecular complexity index is 378. The van der Waals surface area contributed by atoms with Gasteiger partial charge in [-0.05, 0) is 38.5 Å². The second-order valence-corrected chi connectivity index (χ2v) is 7.29. The summed E-state index contributed by atoms with van der Waals surface area (Å²) in [5.41, 5.74) is 0. The van der Waals surface area contributed by atoms with Gasteiger partial charge in [0.25, 0.3) is 10.2 Å². The zero-order valence-electron chi connectivity index (χ0n) is 9.96. The maximum atomic E-state index is 12.5. The zero-order valence-corrected chi connectivity index (χ0v) is 10.8. The Morgan fingerprint density at radius 3 is 2.06 bits per heavy atom. The van der Waals surface area contributed by atoms with Crippen LogP contribution >= 0.6 is 0 Å². The van der Waals surface area contributed by atoms with Crippen molar-refractivity contribution in [1.29, 1.82) is 0 Å². The number of aliphatic hydroxyl groups is 1. The van der Waals surface area contributed by atoms with Crippen LogP contribution in [0.1, 0.15) is 38.5 Å². The SMILES string of the molecule is O=S(=O)(N1CCCC1)N1C2CCC1CC(O)C2. The van der Waals surface area contributed by atoms with Crippen LogP contribution in [0.2, 0.25) is 0 Å².